The molecule has 0 bridgehead atoms. The lowest BCUT2D eigenvalue weighted by Crippen LogP contribution is -2.32. The lowest BCUT2D eigenvalue weighted by molar-refractivity contribution is -0.145. The molecule has 0 aromatic carbocycles. The first-order valence-electron chi connectivity index (χ1n) is 4.84. The molecule has 1 atom stereocenters. The van der Waals surface area contributed by atoms with Crippen LogP contribution in [0, 0.1) is 0 Å². The number of esters is 2. The van der Waals surface area contributed by atoms with Crippen molar-refractivity contribution in [1.82, 2.24) is 5.43 Å². The summed E-state index contributed by atoms with van der Waals surface area (Å²) in [5.74, 6) is -0.891. The van der Waals surface area contributed by atoms with Crippen molar-refractivity contribution in [2.24, 2.45) is 5.10 Å². The predicted octanol–water partition coefficient (Wildman–Crippen LogP) is -0.170. The van der Waals surface area contributed by atoms with Crippen LogP contribution >= 0.6 is 0 Å². The molecule has 6 nitrogen and oxygen atoms in total. The van der Waals surface area contributed by atoms with E-state index in [-0.39, 0.29) is 12.1 Å². The van der Waals surface area contributed by atoms with Crippen LogP contribution in [0.4, 0.5) is 0 Å². The van der Waals surface area contributed by atoms with E-state index in [1.807, 2.05) is 0 Å². The summed E-state index contributed by atoms with van der Waals surface area (Å²) >= 11 is 0. The van der Waals surface area contributed by atoms with Crippen LogP contribution in [0.2, 0.25) is 0 Å². The van der Waals surface area contributed by atoms with E-state index in [1.165, 1.54) is 0 Å². The number of ether oxygens (including phenoxy) is 2. The summed E-state index contributed by atoms with van der Waals surface area (Å²) < 4.78 is 9.54. The fraction of sp³-hybridized carbons (Fsp3) is 0.667. The van der Waals surface area contributed by atoms with Crippen LogP contribution in [0.3, 0.4) is 0 Å². The number of hydrogen-bond acceptors (Lipinski definition) is 6. The second kappa shape index (κ2) is 5.33. The molecule has 0 aromatic heterocycles. The van der Waals surface area contributed by atoms with E-state index in [2.05, 4.69) is 10.5 Å². The van der Waals surface area contributed by atoms with Gasteiger partial charge in [0.05, 0.1) is 13.2 Å². The van der Waals surface area contributed by atoms with Crippen molar-refractivity contribution in [2.45, 2.75) is 26.3 Å². The van der Waals surface area contributed by atoms with Crippen LogP contribution < -0.4 is 5.43 Å². The third-order valence-electron chi connectivity index (χ3n) is 1.83. The third-order valence-corrected chi connectivity index (χ3v) is 1.83. The van der Waals surface area contributed by atoms with Gasteiger partial charge in [0, 0.05) is 6.42 Å². The second-order valence-corrected chi connectivity index (χ2v) is 2.92. The van der Waals surface area contributed by atoms with E-state index in [0.29, 0.717) is 13.2 Å². The molecule has 0 aromatic rings. The van der Waals surface area contributed by atoms with E-state index in [0.717, 1.165) is 0 Å². The molecule has 0 amide bonds. The van der Waals surface area contributed by atoms with Gasteiger partial charge in [0.15, 0.2) is 0 Å². The number of hydrogen-bond donors (Lipinski definition) is 1. The van der Waals surface area contributed by atoms with Crippen molar-refractivity contribution < 1.29 is 19.1 Å². The van der Waals surface area contributed by atoms with Gasteiger partial charge in [0.2, 0.25) is 0 Å². The van der Waals surface area contributed by atoms with Gasteiger partial charge >= 0.3 is 11.9 Å². The summed E-state index contributed by atoms with van der Waals surface area (Å²) in [6, 6.07) is -0.565. The number of carbonyl (C=O) groups excluding carboxylic acids is 2. The lowest BCUT2D eigenvalue weighted by atomic mass is 10.1. The SMILES string of the molecule is CCOC(=O)C1=NNC(C(=O)OCC)C1. The summed E-state index contributed by atoms with van der Waals surface area (Å²) in [6.07, 6.45) is 0.220. The van der Waals surface area contributed by atoms with Crippen molar-refractivity contribution in [2.75, 3.05) is 13.2 Å². The van der Waals surface area contributed by atoms with Gasteiger partial charge in [0.25, 0.3) is 0 Å². The van der Waals surface area contributed by atoms with Crippen molar-refractivity contribution in [3.63, 3.8) is 0 Å². The first-order chi connectivity index (χ1) is 7.19. The Morgan fingerprint density at radius 3 is 2.67 bits per heavy atom. The zero-order valence-corrected chi connectivity index (χ0v) is 8.78. The Labute approximate surface area is 87.6 Å². The summed E-state index contributed by atoms with van der Waals surface area (Å²) in [6.45, 7) is 4.04. The van der Waals surface area contributed by atoms with Gasteiger partial charge in [-0.15, -0.1) is 0 Å². The highest BCUT2D eigenvalue weighted by Crippen LogP contribution is 2.06. The molecule has 15 heavy (non-hydrogen) atoms. The number of nitrogens with one attached hydrogen (secondary N) is 1. The van der Waals surface area contributed by atoms with E-state index in [9.17, 15) is 9.59 Å². The first kappa shape index (κ1) is 11.5. The van der Waals surface area contributed by atoms with Gasteiger partial charge in [0.1, 0.15) is 11.8 Å². The monoisotopic (exact) mass is 214 g/mol. The highest BCUT2D eigenvalue weighted by molar-refractivity contribution is 6.37. The zero-order valence-electron chi connectivity index (χ0n) is 8.78. The van der Waals surface area contributed by atoms with Crippen LogP contribution in [-0.4, -0.2) is 36.9 Å². The average Bonchev–Trinajstić information content (AvgIpc) is 2.67. The molecule has 1 heterocycles. The molecule has 0 saturated carbocycles. The van der Waals surface area contributed by atoms with Crippen molar-refractivity contribution in [3.8, 4) is 0 Å². The number of rotatable bonds is 4. The molecule has 1 rings (SSSR count). The van der Waals surface area contributed by atoms with Gasteiger partial charge in [-0.1, -0.05) is 0 Å². The fourth-order valence-corrected chi connectivity index (χ4v) is 1.16. The van der Waals surface area contributed by atoms with Crippen molar-refractivity contribution in [1.29, 1.82) is 0 Å². The molecule has 1 N–H and O–H groups in total. The largest absolute Gasteiger partial charge is 0.464 e. The van der Waals surface area contributed by atoms with Crippen LogP contribution in [-0.2, 0) is 19.1 Å². The standard InChI is InChI=1S/C9H14N2O4/c1-3-14-8(12)6-5-7(11-10-6)9(13)15-4-2/h6,10H,3-5H2,1-2H3. The van der Waals surface area contributed by atoms with E-state index >= 15 is 0 Å². The molecular weight excluding hydrogens is 200 g/mol. The summed E-state index contributed by atoms with van der Waals surface area (Å²) in [4.78, 5) is 22.5. The molecule has 0 saturated heterocycles. The molecule has 1 aliphatic rings. The minimum Gasteiger partial charge on any atom is -0.464 e. The third kappa shape index (κ3) is 2.93. The molecule has 6 heteroatoms. The molecule has 0 aliphatic carbocycles. The molecular formula is C9H14N2O4. The molecule has 0 fully saturated rings. The lowest BCUT2D eigenvalue weighted by Gasteiger charge is -2.07. The second-order valence-electron chi connectivity index (χ2n) is 2.92. The maximum absolute atomic E-state index is 11.3. The number of carbonyl (C=O) groups is 2. The normalized spacial score (nSPS) is 19.1. The Morgan fingerprint density at radius 2 is 2.07 bits per heavy atom. The average molecular weight is 214 g/mol. The number of hydrazone groups is 1. The maximum Gasteiger partial charge on any atom is 0.354 e. The van der Waals surface area contributed by atoms with E-state index < -0.39 is 18.0 Å². The van der Waals surface area contributed by atoms with E-state index in [1.54, 1.807) is 13.8 Å². The van der Waals surface area contributed by atoms with E-state index in [4.69, 9.17) is 9.47 Å². The van der Waals surface area contributed by atoms with Crippen LogP contribution in [0.5, 0.6) is 0 Å². The Balaban J connectivity index is 2.43. The maximum atomic E-state index is 11.3. The summed E-state index contributed by atoms with van der Waals surface area (Å²) in [5, 5.41) is 3.73. The van der Waals surface area contributed by atoms with Gasteiger partial charge < -0.3 is 9.47 Å². The highest BCUT2D eigenvalue weighted by Gasteiger charge is 2.30. The van der Waals surface area contributed by atoms with Gasteiger partial charge in [-0.3, -0.25) is 5.43 Å². The summed E-state index contributed by atoms with van der Waals surface area (Å²) in [5.41, 5.74) is 2.77. The minimum absolute atomic E-state index is 0.220. The predicted molar refractivity (Wildman–Crippen MR) is 52.2 cm³/mol. The molecule has 1 aliphatic heterocycles. The molecule has 0 radical (unpaired) electrons. The Kier molecular flexibility index (Phi) is 4.08. The Hall–Kier alpha value is -1.59. The van der Waals surface area contributed by atoms with Crippen LogP contribution in [0.25, 0.3) is 0 Å². The molecule has 0 spiro atoms. The topological polar surface area (TPSA) is 77.0 Å². The molecule has 84 valence electrons. The highest BCUT2D eigenvalue weighted by atomic mass is 16.5. The molecule has 1 unspecified atom stereocenters. The summed E-state index contributed by atoms with van der Waals surface area (Å²) in [7, 11) is 0. The van der Waals surface area contributed by atoms with Crippen molar-refractivity contribution >= 4 is 17.7 Å². The van der Waals surface area contributed by atoms with Crippen LogP contribution in [0.15, 0.2) is 5.10 Å². The van der Waals surface area contributed by atoms with Crippen molar-refractivity contribution in [3.05, 3.63) is 0 Å². The fourth-order valence-electron chi connectivity index (χ4n) is 1.16. The van der Waals surface area contributed by atoms with Gasteiger partial charge in [-0.05, 0) is 13.8 Å². The Morgan fingerprint density at radius 1 is 1.40 bits per heavy atom. The van der Waals surface area contributed by atoms with Crippen LogP contribution in [0.1, 0.15) is 20.3 Å². The Bertz CT molecular complexity index is 288. The van der Waals surface area contributed by atoms with Gasteiger partial charge in [-0.2, -0.15) is 5.10 Å². The quantitative estimate of drug-likeness (QED) is 0.657. The smallest absolute Gasteiger partial charge is 0.354 e. The minimum atomic E-state index is -0.565. The number of nitrogens with zero attached hydrogens (tertiary/aromatic N) is 1. The zero-order chi connectivity index (χ0) is 11.3. The first-order valence-corrected chi connectivity index (χ1v) is 4.84. The van der Waals surface area contributed by atoms with Gasteiger partial charge in [-0.25, -0.2) is 9.59 Å².